The lowest BCUT2D eigenvalue weighted by Crippen LogP contribution is -2.40. The number of nitrogens with one attached hydrogen (secondary N) is 1. The first-order chi connectivity index (χ1) is 10.1. The lowest BCUT2D eigenvalue weighted by atomic mass is 10.1. The summed E-state index contributed by atoms with van der Waals surface area (Å²) in [7, 11) is 0. The molecule has 2 N–H and O–H groups in total. The Morgan fingerprint density at radius 3 is 2.50 bits per heavy atom. The van der Waals surface area contributed by atoms with Gasteiger partial charge in [-0.25, -0.2) is 0 Å². The van der Waals surface area contributed by atoms with Crippen LogP contribution >= 0.6 is 11.6 Å². The van der Waals surface area contributed by atoms with Crippen molar-refractivity contribution < 1.29 is 27.9 Å². The largest absolute Gasteiger partial charge is 0.406 e. The van der Waals surface area contributed by atoms with Gasteiger partial charge in [0.25, 0.3) is 5.91 Å². The van der Waals surface area contributed by atoms with E-state index in [0.29, 0.717) is 4.90 Å². The van der Waals surface area contributed by atoms with Crippen molar-refractivity contribution in [2.24, 2.45) is 0 Å². The minimum atomic E-state index is -4.60. The van der Waals surface area contributed by atoms with Crippen LogP contribution in [0.3, 0.4) is 0 Å². The summed E-state index contributed by atoms with van der Waals surface area (Å²) in [6.45, 7) is -1.37. The summed E-state index contributed by atoms with van der Waals surface area (Å²) in [4.78, 5) is 23.6. The highest BCUT2D eigenvalue weighted by Gasteiger charge is 2.33. The van der Waals surface area contributed by atoms with Crippen LogP contribution in [0.2, 0.25) is 5.02 Å². The third-order valence-corrected chi connectivity index (χ3v) is 2.87. The summed E-state index contributed by atoms with van der Waals surface area (Å²) < 4.78 is 37.5. The maximum absolute atomic E-state index is 12.5. The average molecular weight is 339 g/mol. The normalized spacial score (nSPS) is 11.2. The monoisotopic (exact) mass is 338 g/mol. The fourth-order valence-electron chi connectivity index (χ4n) is 1.73. The fourth-order valence-corrected chi connectivity index (χ4v) is 1.93. The number of amides is 2. The number of hydrogen-bond donors (Lipinski definition) is 2. The van der Waals surface area contributed by atoms with E-state index in [1.54, 1.807) is 0 Å². The molecule has 0 radical (unpaired) electrons. The van der Waals surface area contributed by atoms with Crippen LogP contribution < -0.4 is 5.32 Å². The van der Waals surface area contributed by atoms with Gasteiger partial charge in [-0.05, 0) is 18.2 Å². The molecule has 1 aromatic rings. The third-order valence-electron chi connectivity index (χ3n) is 2.54. The topological polar surface area (TPSA) is 69.6 Å². The molecule has 0 saturated carbocycles. The van der Waals surface area contributed by atoms with Crippen molar-refractivity contribution in [3.8, 4) is 0 Å². The van der Waals surface area contributed by atoms with E-state index >= 15 is 0 Å². The van der Waals surface area contributed by atoms with Gasteiger partial charge in [-0.2, -0.15) is 13.2 Å². The lowest BCUT2D eigenvalue weighted by Gasteiger charge is -2.23. The van der Waals surface area contributed by atoms with Crippen molar-refractivity contribution in [1.82, 2.24) is 4.90 Å². The first kappa shape index (κ1) is 18.2. The number of benzene rings is 1. The molecule has 2 amide bonds. The number of aliphatic hydroxyl groups excluding tert-OH is 1. The van der Waals surface area contributed by atoms with E-state index in [9.17, 15) is 22.8 Å². The molecule has 0 saturated heterocycles. The van der Waals surface area contributed by atoms with Crippen LogP contribution in [-0.4, -0.2) is 47.7 Å². The molecule has 0 fully saturated rings. The molecular weight excluding hydrogens is 325 g/mol. The molecule has 0 atom stereocenters. The molecule has 1 aromatic carbocycles. The van der Waals surface area contributed by atoms with Crippen molar-refractivity contribution in [2.45, 2.75) is 13.1 Å². The van der Waals surface area contributed by atoms with E-state index in [-0.39, 0.29) is 16.3 Å². The minimum Gasteiger partial charge on any atom is -0.395 e. The summed E-state index contributed by atoms with van der Waals surface area (Å²) in [5.41, 5.74) is 0.0434. The Morgan fingerprint density at radius 1 is 1.36 bits per heavy atom. The molecule has 122 valence electrons. The van der Waals surface area contributed by atoms with Gasteiger partial charge < -0.3 is 15.3 Å². The molecule has 0 heterocycles. The van der Waals surface area contributed by atoms with Crippen LogP contribution in [0.25, 0.3) is 0 Å². The Labute approximate surface area is 129 Å². The van der Waals surface area contributed by atoms with Crippen LogP contribution in [0.4, 0.5) is 18.9 Å². The molecule has 0 aliphatic rings. The Balaban J connectivity index is 3.09. The Kier molecular flexibility index (Phi) is 6.19. The standard InChI is InChI=1S/C13H14ClF3N2O3/c1-8(21)18-9-2-3-11(14)10(6-9)12(22)19(4-5-20)7-13(15,16)17/h2-3,6,20H,4-5,7H2,1H3,(H,18,21). The molecule has 0 aliphatic carbocycles. The molecule has 22 heavy (non-hydrogen) atoms. The molecule has 9 heteroatoms. The first-order valence-corrected chi connectivity index (χ1v) is 6.56. The summed E-state index contributed by atoms with van der Waals surface area (Å²) in [6, 6.07) is 3.90. The quantitative estimate of drug-likeness (QED) is 0.865. The first-order valence-electron chi connectivity index (χ1n) is 6.18. The number of carbonyl (C=O) groups is 2. The van der Waals surface area contributed by atoms with E-state index in [0.717, 1.165) is 0 Å². The summed E-state index contributed by atoms with van der Waals surface area (Å²) in [6.07, 6.45) is -4.60. The van der Waals surface area contributed by atoms with Gasteiger partial charge in [0.2, 0.25) is 5.91 Å². The zero-order chi connectivity index (χ0) is 16.9. The van der Waals surface area contributed by atoms with Crippen molar-refractivity contribution in [1.29, 1.82) is 0 Å². The molecule has 5 nitrogen and oxygen atoms in total. The van der Waals surface area contributed by atoms with Crippen molar-refractivity contribution in [3.05, 3.63) is 28.8 Å². The third kappa shape index (κ3) is 5.53. The van der Waals surface area contributed by atoms with E-state index in [1.807, 2.05) is 0 Å². The second kappa shape index (κ2) is 7.46. The number of rotatable bonds is 5. The summed E-state index contributed by atoms with van der Waals surface area (Å²) >= 11 is 5.84. The summed E-state index contributed by atoms with van der Waals surface area (Å²) in [5.74, 6) is -1.38. The van der Waals surface area contributed by atoms with E-state index in [2.05, 4.69) is 5.32 Å². The van der Waals surface area contributed by atoms with E-state index < -0.39 is 37.7 Å². The second-order valence-electron chi connectivity index (χ2n) is 4.44. The highest BCUT2D eigenvalue weighted by molar-refractivity contribution is 6.34. The number of hydrogen-bond acceptors (Lipinski definition) is 3. The molecule has 0 unspecified atom stereocenters. The van der Waals surface area contributed by atoms with Crippen LogP contribution in [0.5, 0.6) is 0 Å². The van der Waals surface area contributed by atoms with Gasteiger partial charge in [0, 0.05) is 19.2 Å². The molecule has 0 bridgehead atoms. The van der Waals surface area contributed by atoms with Gasteiger partial charge in [-0.1, -0.05) is 11.6 Å². The Bertz CT molecular complexity index is 564. The number of halogens is 4. The van der Waals surface area contributed by atoms with E-state index in [4.69, 9.17) is 16.7 Å². The predicted octanol–water partition coefficient (Wildman–Crippen LogP) is 2.30. The Morgan fingerprint density at radius 2 is 2.00 bits per heavy atom. The molecule has 0 aromatic heterocycles. The van der Waals surface area contributed by atoms with Crippen LogP contribution in [0.15, 0.2) is 18.2 Å². The van der Waals surface area contributed by atoms with Crippen molar-refractivity contribution >= 4 is 29.1 Å². The fraction of sp³-hybridized carbons (Fsp3) is 0.385. The minimum absolute atomic E-state index is 0.0517. The maximum atomic E-state index is 12.5. The predicted molar refractivity (Wildman–Crippen MR) is 74.8 cm³/mol. The number of nitrogens with zero attached hydrogens (tertiary/aromatic N) is 1. The van der Waals surface area contributed by atoms with E-state index in [1.165, 1.54) is 25.1 Å². The van der Waals surface area contributed by atoms with Crippen LogP contribution in [0, 0.1) is 0 Å². The van der Waals surface area contributed by atoms with Gasteiger partial charge in [0.15, 0.2) is 0 Å². The van der Waals surface area contributed by atoms with Crippen LogP contribution in [-0.2, 0) is 4.79 Å². The van der Waals surface area contributed by atoms with Gasteiger partial charge in [-0.3, -0.25) is 9.59 Å². The highest BCUT2D eigenvalue weighted by atomic mass is 35.5. The van der Waals surface area contributed by atoms with Gasteiger partial charge >= 0.3 is 6.18 Å². The Hall–Kier alpha value is -1.80. The average Bonchev–Trinajstić information content (AvgIpc) is 2.37. The smallest absolute Gasteiger partial charge is 0.395 e. The van der Waals surface area contributed by atoms with Crippen molar-refractivity contribution in [3.63, 3.8) is 0 Å². The lowest BCUT2D eigenvalue weighted by molar-refractivity contribution is -0.141. The number of alkyl halides is 3. The van der Waals surface area contributed by atoms with Crippen LogP contribution in [0.1, 0.15) is 17.3 Å². The van der Waals surface area contributed by atoms with Gasteiger partial charge in [0.05, 0.1) is 17.2 Å². The molecule has 1 rings (SSSR count). The number of carbonyl (C=O) groups excluding carboxylic acids is 2. The molecule has 0 spiro atoms. The SMILES string of the molecule is CC(=O)Nc1ccc(Cl)c(C(=O)N(CCO)CC(F)(F)F)c1. The second-order valence-corrected chi connectivity index (χ2v) is 4.85. The van der Waals surface area contributed by atoms with Gasteiger partial charge in [0.1, 0.15) is 6.54 Å². The highest BCUT2D eigenvalue weighted by Crippen LogP contribution is 2.24. The zero-order valence-corrected chi connectivity index (χ0v) is 12.3. The zero-order valence-electron chi connectivity index (χ0n) is 11.6. The number of aliphatic hydroxyl groups is 1. The maximum Gasteiger partial charge on any atom is 0.406 e. The van der Waals surface area contributed by atoms with Gasteiger partial charge in [-0.15, -0.1) is 0 Å². The molecular formula is C13H14ClF3N2O3. The van der Waals surface area contributed by atoms with Crippen molar-refractivity contribution in [2.75, 3.05) is 25.0 Å². The number of anilines is 1. The summed E-state index contributed by atoms with van der Waals surface area (Å²) in [5, 5.41) is 11.2. The molecule has 0 aliphatic heterocycles.